The highest BCUT2D eigenvalue weighted by molar-refractivity contribution is 6.20. The van der Waals surface area contributed by atoms with E-state index in [0.717, 1.165) is 74.9 Å². The van der Waals surface area contributed by atoms with Gasteiger partial charge in [0.05, 0.1) is 59.8 Å². The largest absolute Gasteiger partial charge is 0.461 e. The van der Waals surface area contributed by atoms with Crippen LogP contribution in [0.25, 0.3) is 55.0 Å². The van der Waals surface area contributed by atoms with Crippen molar-refractivity contribution in [2.75, 3.05) is 50.9 Å². The summed E-state index contributed by atoms with van der Waals surface area (Å²) in [4.78, 5) is 14.4. The Morgan fingerprint density at radius 3 is 2.84 bits per heavy atom. The summed E-state index contributed by atoms with van der Waals surface area (Å²) in [7, 11) is 3.84. The Bertz CT molecular complexity index is 2400. The molecule has 3 aliphatic rings. The molecular weight excluding hydrogens is 656 g/mol. The lowest BCUT2D eigenvalue weighted by atomic mass is 9.92. The number of β-amino-alcohol motifs (C(OH)–C–C–N with tert-alkyl or cyclic N) is 1. The first-order chi connectivity index (χ1) is 24.6. The number of hydrogen-bond acceptors (Lipinski definition) is 9. The van der Waals surface area contributed by atoms with Gasteiger partial charge in [0.25, 0.3) is 0 Å². The molecule has 4 aromatic heterocycles. The molecule has 14 heteroatoms. The van der Waals surface area contributed by atoms with E-state index in [-0.39, 0.29) is 30.5 Å². The van der Waals surface area contributed by atoms with Gasteiger partial charge in [0.1, 0.15) is 29.5 Å². The highest BCUT2D eigenvalue weighted by Gasteiger charge is 2.47. The summed E-state index contributed by atoms with van der Waals surface area (Å²) in [6.45, 7) is 6.91. The minimum absolute atomic E-state index is 0.196. The van der Waals surface area contributed by atoms with Gasteiger partial charge in [-0.1, -0.05) is 13.0 Å². The van der Waals surface area contributed by atoms with Gasteiger partial charge in [0, 0.05) is 38.1 Å². The molecule has 0 amide bonds. The Balaban J connectivity index is 1.28. The number of aromatic nitrogens is 7. The van der Waals surface area contributed by atoms with Gasteiger partial charge >= 0.3 is 6.01 Å². The Kier molecular flexibility index (Phi) is 7.39. The van der Waals surface area contributed by atoms with Crippen LogP contribution in [0, 0.1) is 5.82 Å². The molecule has 2 atom stereocenters. The standard InChI is InChI=1S/C37H41F2N9O3/c1-5-23-25(39)8-7-22-13-26-24(16-40-43-26)28(27(22)23)30-32-31(46(4)44-30)29-33(45(32)3)41-35(42-34(29)47-11-12-50-19-36(2,49)18-47)51-20-37-9-6-10-48(37)17-21(14-37)15-38/h7-8,13,15-16,49H,5-6,9-12,14,17-20H2,1-4H3,(H,40,43)/b21-15-/t36-,37-/m0/s1. The number of H-pyrrole nitrogens is 1. The van der Waals surface area contributed by atoms with Gasteiger partial charge in [0.15, 0.2) is 5.65 Å². The van der Waals surface area contributed by atoms with Crippen LogP contribution in [0.1, 0.15) is 38.7 Å². The maximum Gasteiger partial charge on any atom is 0.320 e. The second kappa shape index (κ2) is 11.7. The second-order valence-electron chi connectivity index (χ2n) is 14.8. The summed E-state index contributed by atoms with van der Waals surface area (Å²) in [6.07, 6.45) is 5.55. The quantitative estimate of drug-likeness (QED) is 0.239. The van der Waals surface area contributed by atoms with Crippen molar-refractivity contribution in [1.29, 1.82) is 0 Å². The molecule has 0 radical (unpaired) electrons. The van der Waals surface area contributed by atoms with E-state index in [2.05, 4.69) is 15.1 Å². The van der Waals surface area contributed by atoms with Gasteiger partial charge in [-0.05, 0) is 73.2 Å². The zero-order valence-corrected chi connectivity index (χ0v) is 29.3. The maximum atomic E-state index is 15.5. The number of hydrogen-bond donors (Lipinski definition) is 2. The van der Waals surface area contributed by atoms with Crippen LogP contribution in [0.4, 0.5) is 14.6 Å². The van der Waals surface area contributed by atoms with E-state index in [0.29, 0.717) is 61.9 Å². The molecule has 7 heterocycles. The van der Waals surface area contributed by atoms with Crippen molar-refractivity contribution in [3.05, 3.63) is 47.7 Å². The third-order valence-corrected chi connectivity index (χ3v) is 11.2. The van der Waals surface area contributed by atoms with E-state index in [1.54, 1.807) is 19.2 Å². The van der Waals surface area contributed by atoms with Gasteiger partial charge in [-0.15, -0.1) is 0 Å². The number of aliphatic hydroxyl groups is 1. The van der Waals surface area contributed by atoms with Gasteiger partial charge < -0.3 is 24.0 Å². The SMILES string of the molecule is CCc1c(F)ccc2cc3[nH]ncc3c(-c3nn(C)c4c5c(N6CCOC[C@@](C)(O)C6)nc(OC[C@@]67CCCN6C/C(=C\F)C7)nc5n(C)c34)c12. The minimum atomic E-state index is -1.13. The number of benzene rings is 2. The zero-order valence-electron chi connectivity index (χ0n) is 29.3. The topological polar surface area (TPSA) is 122 Å². The number of aryl methyl sites for hydroxylation is 3. The molecule has 12 nitrogen and oxygen atoms in total. The molecule has 9 rings (SSSR count). The maximum absolute atomic E-state index is 15.5. The molecule has 2 N–H and O–H groups in total. The fourth-order valence-electron chi connectivity index (χ4n) is 8.93. The van der Waals surface area contributed by atoms with E-state index in [4.69, 9.17) is 24.5 Å². The normalized spacial score (nSPS) is 23.8. The Morgan fingerprint density at radius 2 is 2.02 bits per heavy atom. The van der Waals surface area contributed by atoms with Crippen molar-refractivity contribution < 1.29 is 23.4 Å². The van der Waals surface area contributed by atoms with Gasteiger partial charge in [-0.3, -0.25) is 14.7 Å². The lowest BCUT2D eigenvalue weighted by Gasteiger charge is -2.31. The van der Waals surface area contributed by atoms with E-state index >= 15 is 4.39 Å². The first-order valence-electron chi connectivity index (χ1n) is 17.6. The summed E-state index contributed by atoms with van der Waals surface area (Å²) in [5.41, 5.74) is 4.48. The number of ether oxygens (including phenoxy) is 2. The van der Waals surface area contributed by atoms with Crippen LogP contribution in [0.3, 0.4) is 0 Å². The number of rotatable bonds is 6. The summed E-state index contributed by atoms with van der Waals surface area (Å²) in [6, 6.07) is 5.53. The van der Waals surface area contributed by atoms with Gasteiger partial charge in [0.2, 0.25) is 0 Å². The number of nitrogens with zero attached hydrogens (tertiary/aromatic N) is 8. The monoisotopic (exact) mass is 697 g/mol. The van der Waals surface area contributed by atoms with Crippen LogP contribution in [0.15, 0.2) is 36.3 Å². The Morgan fingerprint density at radius 1 is 1.16 bits per heavy atom. The summed E-state index contributed by atoms with van der Waals surface area (Å²) < 4.78 is 45.3. The molecule has 0 spiro atoms. The Hall–Kier alpha value is -4.66. The summed E-state index contributed by atoms with van der Waals surface area (Å²) in [5.74, 6) is 0.338. The minimum Gasteiger partial charge on any atom is -0.461 e. The van der Waals surface area contributed by atoms with Crippen molar-refractivity contribution in [2.45, 2.75) is 50.7 Å². The third-order valence-electron chi connectivity index (χ3n) is 11.2. The van der Waals surface area contributed by atoms with E-state index < -0.39 is 5.60 Å². The molecule has 266 valence electrons. The first-order valence-corrected chi connectivity index (χ1v) is 17.6. The Labute approximate surface area is 292 Å². The van der Waals surface area contributed by atoms with E-state index in [1.807, 2.05) is 41.2 Å². The summed E-state index contributed by atoms with van der Waals surface area (Å²) in [5, 5.41) is 27.1. The lowest BCUT2D eigenvalue weighted by Crippen LogP contribution is -2.44. The molecule has 0 saturated carbocycles. The van der Waals surface area contributed by atoms with E-state index in [9.17, 15) is 9.50 Å². The number of aromatic amines is 1. The highest BCUT2D eigenvalue weighted by atomic mass is 19.1. The predicted molar refractivity (Wildman–Crippen MR) is 191 cm³/mol. The second-order valence-corrected chi connectivity index (χ2v) is 14.8. The molecular formula is C37H41F2N9O3. The number of halogens is 2. The van der Waals surface area contributed by atoms with E-state index in [1.165, 1.54) is 6.07 Å². The fraction of sp³-hybridized carbons (Fsp3) is 0.459. The molecule has 0 unspecified atom stereocenters. The molecule has 6 aromatic rings. The molecule has 3 saturated heterocycles. The van der Waals surface area contributed by atoms with Crippen molar-refractivity contribution in [3.63, 3.8) is 0 Å². The smallest absolute Gasteiger partial charge is 0.320 e. The molecule has 51 heavy (non-hydrogen) atoms. The number of fused-ring (bicyclic) bond motifs is 6. The first kappa shape index (κ1) is 32.3. The van der Waals surface area contributed by atoms with Crippen molar-refractivity contribution in [2.24, 2.45) is 14.1 Å². The van der Waals surface area contributed by atoms with Crippen molar-refractivity contribution in [1.82, 2.24) is 39.4 Å². The molecule has 0 aliphatic carbocycles. The van der Waals surface area contributed by atoms with Crippen LogP contribution < -0.4 is 9.64 Å². The number of anilines is 1. The van der Waals surface area contributed by atoms with Crippen molar-refractivity contribution in [3.8, 4) is 17.3 Å². The molecule has 3 aliphatic heterocycles. The fourth-order valence-corrected chi connectivity index (χ4v) is 8.93. The third kappa shape index (κ3) is 4.94. The average molecular weight is 698 g/mol. The molecule has 3 fully saturated rings. The van der Waals surface area contributed by atoms with Crippen LogP contribution >= 0.6 is 0 Å². The van der Waals surface area contributed by atoms with Gasteiger partial charge in [-0.2, -0.15) is 20.2 Å². The number of nitrogens with one attached hydrogen (secondary N) is 1. The van der Waals surface area contributed by atoms with Gasteiger partial charge in [-0.25, -0.2) is 8.78 Å². The molecule has 2 aromatic carbocycles. The van der Waals surface area contributed by atoms with Crippen LogP contribution in [-0.2, 0) is 25.3 Å². The average Bonchev–Trinajstić information content (AvgIpc) is 3.91. The summed E-state index contributed by atoms with van der Waals surface area (Å²) >= 11 is 0. The predicted octanol–water partition coefficient (Wildman–Crippen LogP) is 5.31. The van der Waals surface area contributed by atoms with Crippen molar-refractivity contribution >= 4 is 49.6 Å². The zero-order chi connectivity index (χ0) is 35.2. The van der Waals surface area contributed by atoms with Crippen LogP contribution in [0.2, 0.25) is 0 Å². The highest BCUT2D eigenvalue weighted by Crippen LogP contribution is 2.45. The van der Waals surface area contributed by atoms with Crippen LogP contribution in [0.5, 0.6) is 6.01 Å². The molecule has 0 bridgehead atoms. The van der Waals surface area contributed by atoms with Crippen LogP contribution in [-0.4, -0.2) is 102 Å². The lowest BCUT2D eigenvalue weighted by molar-refractivity contribution is -0.0123.